The minimum absolute atomic E-state index is 0.458. The predicted molar refractivity (Wildman–Crippen MR) is 87.3 cm³/mol. The number of nitrogens with one attached hydrogen (secondary N) is 1. The molecule has 0 unspecified atom stereocenters. The molecule has 3 N–H and O–H groups in total. The molecule has 5 heteroatoms. The van der Waals surface area contributed by atoms with Gasteiger partial charge in [-0.1, -0.05) is 30.3 Å². The van der Waals surface area contributed by atoms with E-state index in [1.54, 1.807) is 6.08 Å². The molecule has 21 heavy (non-hydrogen) atoms. The van der Waals surface area contributed by atoms with E-state index >= 15 is 0 Å². The highest BCUT2D eigenvalue weighted by atomic mass is 79.9. The number of carbonyl (C=O) groups excluding carboxylic acids is 1. The standard InChI is InChI=1S/C16H12BrN3O/c17-14-7-6-12-11(9-19-16(12)20-14)8-13(15(18)21)10-4-2-1-3-5-10/h1-9H,(H2,18,21)(H,19,20). The van der Waals surface area contributed by atoms with Gasteiger partial charge in [0.1, 0.15) is 10.3 Å². The number of rotatable bonds is 3. The van der Waals surface area contributed by atoms with Crippen molar-refractivity contribution in [2.75, 3.05) is 0 Å². The van der Waals surface area contributed by atoms with Gasteiger partial charge in [-0.25, -0.2) is 4.98 Å². The zero-order valence-electron chi connectivity index (χ0n) is 11.0. The molecule has 0 aliphatic rings. The number of hydrogen-bond donors (Lipinski definition) is 2. The fraction of sp³-hybridized carbons (Fsp3) is 0. The first-order valence-corrected chi connectivity index (χ1v) is 7.15. The van der Waals surface area contributed by atoms with Gasteiger partial charge in [0.15, 0.2) is 0 Å². The maximum absolute atomic E-state index is 11.7. The minimum Gasteiger partial charge on any atom is -0.366 e. The molecule has 0 saturated carbocycles. The van der Waals surface area contributed by atoms with E-state index < -0.39 is 5.91 Å². The number of benzene rings is 1. The lowest BCUT2D eigenvalue weighted by Gasteiger charge is -2.03. The van der Waals surface area contributed by atoms with Crippen molar-refractivity contribution in [3.8, 4) is 0 Å². The Morgan fingerprint density at radius 1 is 1.19 bits per heavy atom. The minimum atomic E-state index is -0.458. The number of halogens is 1. The average Bonchev–Trinajstić information content (AvgIpc) is 2.87. The van der Waals surface area contributed by atoms with Crippen LogP contribution in [0.5, 0.6) is 0 Å². The molecule has 0 bridgehead atoms. The van der Waals surface area contributed by atoms with Crippen LogP contribution < -0.4 is 5.73 Å². The molecular weight excluding hydrogens is 330 g/mol. The van der Waals surface area contributed by atoms with Gasteiger partial charge in [-0.2, -0.15) is 0 Å². The van der Waals surface area contributed by atoms with Gasteiger partial charge in [-0.3, -0.25) is 4.79 Å². The number of nitrogens with two attached hydrogens (primary N) is 1. The molecule has 4 nitrogen and oxygen atoms in total. The summed E-state index contributed by atoms with van der Waals surface area (Å²) < 4.78 is 0.755. The summed E-state index contributed by atoms with van der Waals surface area (Å²) in [6, 6.07) is 13.2. The molecular formula is C16H12BrN3O. The Morgan fingerprint density at radius 2 is 1.95 bits per heavy atom. The lowest BCUT2D eigenvalue weighted by Crippen LogP contribution is -2.12. The van der Waals surface area contributed by atoms with E-state index in [9.17, 15) is 4.79 Å². The number of pyridine rings is 1. The van der Waals surface area contributed by atoms with E-state index in [4.69, 9.17) is 5.73 Å². The lowest BCUT2D eigenvalue weighted by atomic mass is 10.0. The van der Waals surface area contributed by atoms with E-state index in [0.29, 0.717) is 5.57 Å². The Bertz CT molecular complexity index is 837. The van der Waals surface area contributed by atoms with E-state index in [1.165, 1.54) is 0 Å². The number of primary amides is 1. The monoisotopic (exact) mass is 341 g/mol. The lowest BCUT2D eigenvalue weighted by molar-refractivity contribution is -0.112. The van der Waals surface area contributed by atoms with Crippen molar-refractivity contribution in [3.05, 3.63) is 64.4 Å². The van der Waals surface area contributed by atoms with E-state index in [-0.39, 0.29) is 0 Å². The van der Waals surface area contributed by atoms with Crippen molar-refractivity contribution in [1.29, 1.82) is 0 Å². The second-order valence-corrected chi connectivity index (χ2v) is 5.37. The van der Waals surface area contributed by atoms with Crippen molar-refractivity contribution in [2.24, 2.45) is 5.73 Å². The summed E-state index contributed by atoms with van der Waals surface area (Å²) in [5.41, 5.74) is 8.41. The molecule has 1 aromatic carbocycles. The zero-order chi connectivity index (χ0) is 14.8. The number of hydrogen-bond acceptors (Lipinski definition) is 2. The molecule has 0 atom stereocenters. The highest BCUT2D eigenvalue weighted by molar-refractivity contribution is 9.10. The van der Waals surface area contributed by atoms with Gasteiger partial charge in [0.25, 0.3) is 0 Å². The van der Waals surface area contributed by atoms with Crippen LogP contribution in [-0.2, 0) is 4.79 Å². The predicted octanol–water partition coefficient (Wildman–Crippen LogP) is 3.35. The summed E-state index contributed by atoms with van der Waals surface area (Å²) in [6.07, 6.45) is 3.60. The van der Waals surface area contributed by atoms with Crippen molar-refractivity contribution >= 4 is 44.5 Å². The topological polar surface area (TPSA) is 71.8 Å². The maximum atomic E-state index is 11.7. The van der Waals surface area contributed by atoms with Crippen LogP contribution in [0.2, 0.25) is 0 Å². The largest absolute Gasteiger partial charge is 0.366 e. The molecule has 0 aliphatic heterocycles. The van der Waals surface area contributed by atoms with Crippen molar-refractivity contribution in [2.45, 2.75) is 0 Å². The number of aromatic amines is 1. The third-order valence-corrected chi connectivity index (χ3v) is 3.63. The fourth-order valence-electron chi connectivity index (χ4n) is 2.19. The first-order valence-electron chi connectivity index (χ1n) is 6.36. The quantitative estimate of drug-likeness (QED) is 0.566. The van der Waals surface area contributed by atoms with Crippen LogP contribution >= 0.6 is 15.9 Å². The van der Waals surface area contributed by atoms with Gasteiger partial charge in [0.2, 0.25) is 5.91 Å². The number of H-pyrrole nitrogens is 1. The first kappa shape index (κ1) is 13.6. The number of amides is 1. The number of nitrogens with zero attached hydrogens (tertiary/aromatic N) is 1. The van der Waals surface area contributed by atoms with Crippen LogP contribution in [0.15, 0.2) is 53.3 Å². The SMILES string of the molecule is NC(=O)C(=Cc1c[nH]c2nc(Br)ccc12)c1ccccc1. The molecule has 1 amide bonds. The van der Waals surface area contributed by atoms with Crippen molar-refractivity contribution < 1.29 is 4.79 Å². The van der Waals surface area contributed by atoms with Crippen LogP contribution in [0.25, 0.3) is 22.7 Å². The van der Waals surface area contributed by atoms with Crippen LogP contribution in [0, 0.1) is 0 Å². The maximum Gasteiger partial charge on any atom is 0.249 e. The van der Waals surface area contributed by atoms with E-state index in [0.717, 1.165) is 26.8 Å². The molecule has 0 saturated heterocycles. The fourth-order valence-corrected chi connectivity index (χ4v) is 2.50. The Balaban J connectivity index is 2.14. The van der Waals surface area contributed by atoms with Crippen LogP contribution in [0.1, 0.15) is 11.1 Å². The second kappa shape index (κ2) is 5.54. The molecule has 0 fully saturated rings. The van der Waals surface area contributed by atoms with Crippen LogP contribution in [0.4, 0.5) is 0 Å². The molecule has 0 spiro atoms. The van der Waals surface area contributed by atoms with Gasteiger partial charge in [-0.15, -0.1) is 0 Å². The third-order valence-electron chi connectivity index (χ3n) is 3.19. The normalized spacial score (nSPS) is 11.8. The number of carbonyl (C=O) groups is 1. The van der Waals surface area contributed by atoms with Crippen LogP contribution in [-0.4, -0.2) is 15.9 Å². The first-order chi connectivity index (χ1) is 10.1. The summed E-state index contributed by atoms with van der Waals surface area (Å²) >= 11 is 3.33. The molecule has 0 radical (unpaired) electrons. The molecule has 3 rings (SSSR count). The number of fused-ring (bicyclic) bond motifs is 1. The molecule has 104 valence electrons. The highest BCUT2D eigenvalue weighted by Crippen LogP contribution is 2.24. The summed E-state index contributed by atoms with van der Waals surface area (Å²) in [7, 11) is 0. The average molecular weight is 342 g/mol. The Labute approximate surface area is 129 Å². The van der Waals surface area contributed by atoms with Gasteiger partial charge < -0.3 is 10.7 Å². The Hall–Kier alpha value is -2.40. The van der Waals surface area contributed by atoms with Gasteiger partial charge in [-0.05, 0) is 39.7 Å². The third kappa shape index (κ3) is 2.73. The number of aromatic nitrogens is 2. The van der Waals surface area contributed by atoms with Crippen LogP contribution in [0.3, 0.4) is 0 Å². The Morgan fingerprint density at radius 3 is 2.67 bits per heavy atom. The van der Waals surface area contributed by atoms with Gasteiger partial charge in [0.05, 0.1) is 0 Å². The highest BCUT2D eigenvalue weighted by Gasteiger charge is 2.10. The molecule has 2 heterocycles. The molecule has 3 aromatic rings. The second-order valence-electron chi connectivity index (χ2n) is 4.56. The summed E-state index contributed by atoms with van der Waals surface area (Å²) in [5, 5.41) is 0.938. The summed E-state index contributed by atoms with van der Waals surface area (Å²) in [4.78, 5) is 19.2. The molecule has 0 aliphatic carbocycles. The van der Waals surface area contributed by atoms with E-state index in [2.05, 4.69) is 25.9 Å². The molecule has 2 aromatic heterocycles. The van der Waals surface area contributed by atoms with Crippen molar-refractivity contribution in [1.82, 2.24) is 9.97 Å². The summed E-state index contributed by atoms with van der Waals surface area (Å²) in [5.74, 6) is -0.458. The van der Waals surface area contributed by atoms with Gasteiger partial charge >= 0.3 is 0 Å². The van der Waals surface area contributed by atoms with Crippen molar-refractivity contribution in [3.63, 3.8) is 0 Å². The smallest absolute Gasteiger partial charge is 0.249 e. The zero-order valence-corrected chi connectivity index (χ0v) is 12.6. The van der Waals surface area contributed by atoms with E-state index in [1.807, 2.05) is 48.7 Å². The van der Waals surface area contributed by atoms with Gasteiger partial charge in [0, 0.05) is 22.7 Å². The Kier molecular flexibility index (Phi) is 3.58. The summed E-state index contributed by atoms with van der Waals surface area (Å²) in [6.45, 7) is 0.